The first-order valence-electron chi connectivity index (χ1n) is 13.1. The number of fused-ring (bicyclic) bond motifs is 6. The first-order valence-corrected chi connectivity index (χ1v) is 13.1. The molecule has 0 aliphatic heterocycles. The molecule has 0 radical (unpaired) electrons. The van der Waals surface area contributed by atoms with E-state index in [4.69, 9.17) is 4.98 Å². The van der Waals surface area contributed by atoms with E-state index in [1.807, 2.05) is 29.2 Å². The molecule has 0 bridgehead atoms. The molecule has 0 aliphatic carbocycles. The maximum absolute atomic E-state index is 13.6. The lowest BCUT2D eigenvalue weighted by Crippen LogP contribution is -2.46. The van der Waals surface area contributed by atoms with E-state index < -0.39 is 0 Å². The van der Waals surface area contributed by atoms with E-state index in [1.165, 1.54) is 16.2 Å². The lowest BCUT2D eigenvalue weighted by molar-refractivity contribution is 0.0552. The van der Waals surface area contributed by atoms with Crippen LogP contribution in [0, 0.1) is 5.41 Å². The van der Waals surface area contributed by atoms with Crippen molar-refractivity contribution in [1.29, 1.82) is 0 Å². The highest BCUT2D eigenvalue weighted by atomic mass is 16.2. The summed E-state index contributed by atoms with van der Waals surface area (Å²) in [6, 6.07) is 25.0. The minimum atomic E-state index is -0.249. The van der Waals surface area contributed by atoms with Crippen LogP contribution in [0.25, 0.3) is 44.0 Å². The molecule has 4 nitrogen and oxygen atoms in total. The quantitative estimate of drug-likeness (QED) is 0.238. The van der Waals surface area contributed by atoms with Gasteiger partial charge >= 0.3 is 0 Å². The van der Waals surface area contributed by atoms with Gasteiger partial charge in [-0.2, -0.15) is 0 Å². The largest absolute Gasteiger partial charge is 0.334 e. The number of imidazole rings is 1. The molecule has 1 aromatic heterocycles. The maximum atomic E-state index is 13.6. The summed E-state index contributed by atoms with van der Waals surface area (Å²) in [7, 11) is 2.08. The van der Waals surface area contributed by atoms with Crippen LogP contribution in [0.1, 0.15) is 58.3 Å². The average Bonchev–Trinajstić information content (AvgIpc) is 3.20. The number of benzene rings is 4. The van der Waals surface area contributed by atoms with Crippen molar-refractivity contribution in [3.63, 3.8) is 0 Å². The Morgan fingerprint density at radius 2 is 1.32 bits per heavy atom. The molecule has 0 saturated heterocycles. The van der Waals surface area contributed by atoms with E-state index in [0.29, 0.717) is 5.56 Å². The third-order valence-electron chi connectivity index (χ3n) is 7.28. The molecule has 0 unspecified atom stereocenters. The second-order valence-corrected chi connectivity index (χ2v) is 12.3. The van der Waals surface area contributed by atoms with Crippen LogP contribution in [0.15, 0.2) is 72.8 Å². The highest BCUT2D eigenvalue weighted by Gasteiger charge is 2.28. The van der Waals surface area contributed by atoms with Crippen molar-refractivity contribution >= 4 is 38.5 Å². The van der Waals surface area contributed by atoms with Crippen molar-refractivity contribution in [1.82, 2.24) is 14.5 Å². The molecule has 1 heterocycles. The van der Waals surface area contributed by atoms with Crippen molar-refractivity contribution in [2.45, 2.75) is 53.5 Å². The zero-order valence-electron chi connectivity index (χ0n) is 23.1. The summed E-state index contributed by atoms with van der Waals surface area (Å²) in [5, 5.41) is 4.81. The predicted molar refractivity (Wildman–Crippen MR) is 156 cm³/mol. The Morgan fingerprint density at radius 1 is 0.784 bits per heavy atom. The summed E-state index contributed by atoms with van der Waals surface area (Å²) in [5.74, 6) is 0.973. The van der Waals surface area contributed by atoms with Crippen LogP contribution in [0.3, 0.4) is 0 Å². The van der Waals surface area contributed by atoms with Crippen molar-refractivity contribution in [2.75, 3.05) is 6.54 Å². The molecule has 5 rings (SSSR count). The van der Waals surface area contributed by atoms with E-state index in [9.17, 15) is 4.79 Å². The lowest BCUT2D eigenvalue weighted by atomic mass is 9.91. The van der Waals surface area contributed by atoms with Crippen molar-refractivity contribution in [2.24, 2.45) is 12.5 Å². The highest BCUT2D eigenvalue weighted by molar-refractivity contribution is 6.23. The maximum Gasteiger partial charge on any atom is 0.254 e. The number of hydrogen-bond acceptors (Lipinski definition) is 2. The van der Waals surface area contributed by atoms with Gasteiger partial charge in [0.25, 0.3) is 5.91 Å². The van der Waals surface area contributed by atoms with Gasteiger partial charge in [-0.05, 0) is 55.5 Å². The van der Waals surface area contributed by atoms with Gasteiger partial charge in [0, 0.05) is 41.0 Å². The van der Waals surface area contributed by atoms with Gasteiger partial charge in [0.2, 0.25) is 0 Å². The molecule has 4 heteroatoms. The SMILES string of the molecule is Cn1c(-c2ccc(C(=O)N(CCC(C)(C)C)C(C)(C)C)cc2)nc2c3ccccc3c3ccccc3c21. The van der Waals surface area contributed by atoms with Crippen LogP contribution in [-0.4, -0.2) is 32.4 Å². The van der Waals surface area contributed by atoms with Crippen molar-refractivity contribution < 1.29 is 4.79 Å². The van der Waals surface area contributed by atoms with Gasteiger partial charge in [-0.1, -0.05) is 81.4 Å². The standard InChI is InChI=1S/C33H37N3O/c1-32(2,3)20-21-36(33(4,5)6)31(37)23-18-16-22(17-19-23)30-34-28-26-14-10-8-12-24(26)25-13-9-11-15-27(25)29(28)35(30)7/h8-19H,20-21H2,1-7H3. The van der Waals surface area contributed by atoms with Gasteiger partial charge < -0.3 is 9.47 Å². The number of aryl methyl sites for hydroxylation is 1. The summed E-state index contributed by atoms with van der Waals surface area (Å²) in [6.45, 7) is 13.7. The molecule has 0 atom stereocenters. The topological polar surface area (TPSA) is 38.1 Å². The van der Waals surface area contributed by atoms with Crippen LogP contribution < -0.4 is 0 Å². The van der Waals surface area contributed by atoms with Crippen LogP contribution in [0.4, 0.5) is 0 Å². The normalized spacial score (nSPS) is 12.5. The van der Waals surface area contributed by atoms with E-state index in [0.717, 1.165) is 40.8 Å². The Labute approximate surface area is 219 Å². The fourth-order valence-electron chi connectivity index (χ4n) is 5.21. The average molecular weight is 492 g/mol. The van der Waals surface area contributed by atoms with Gasteiger partial charge in [0.1, 0.15) is 5.82 Å². The first kappa shape index (κ1) is 25.0. The fraction of sp³-hybridized carbons (Fsp3) is 0.333. The molecule has 0 saturated carbocycles. The fourth-order valence-corrected chi connectivity index (χ4v) is 5.21. The summed E-state index contributed by atoms with van der Waals surface area (Å²) < 4.78 is 2.19. The second-order valence-electron chi connectivity index (χ2n) is 12.3. The Bertz CT molecular complexity index is 1610. The third-order valence-corrected chi connectivity index (χ3v) is 7.28. The molecular weight excluding hydrogens is 454 g/mol. The van der Waals surface area contributed by atoms with E-state index in [2.05, 4.69) is 102 Å². The minimum Gasteiger partial charge on any atom is -0.334 e. The Morgan fingerprint density at radius 3 is 1.89 bits per heavy atom. The van der Waals surface area contributed by atoms with Crippen molar-refractivity contribution in [3.05, 3.63) is 78.4 Å². The smallest absolute Gasteiger partial charge is 0.254 e. The van der Waals surface area contributed by atoms with Crippen molar-refractivity contribution in [3.8, 4) is 11.4 Å². The van der Waals surface area contributed by atoms with E-state index >= 15 is 0 Å². The second kappa shape index (κ2) is 9.02. The Balaban J connectivity index is 1.56. The molecule has 0 fully saturated rings. The van der Waals surface area contributed by atoms with Gasteiger partial charge in [-0.15, -0.1) is 0 Å². The molecule has 4 aromatic carbocycles. The highest BCUT2D eigenvalue weighted by Crippen LogP contribution is 2.36. The first-order chi connectivity index (χ1) is 17.5. The number of rotatable bonds is 4. The van der Waals surface area contributed by atoms with E-state index in [1.54, 1.807) is 0 Å². The summed E-state index contributed by atoms with van der Waals surface area (Å²) in [4.78, 5) is 20.7. The molecule has 190 valence electrons. The van der Waals surface area contributed by atoms with E-state index in [-0.39, 0.29) is 16.9 Å². The zero-order valence-corrected chi connectivity index (χ0v) is 23.1. The number of aromatic nitrogens is 2. The molecule has 37 heavy (non-hydrogen) atoms. The predicted octanol–water partition coefficient (Wildman–Crippen LogP) is 8.22. The number of hydrogen-bond donors (Lipinski definition) is 0. The molecule has 0 aliphatic rings. The number of amides is 1. The lowest BCUT2D eigenvalue weighted by Gasteiger charge is -2.37. The van der Waals surface area contributed by atoms with Gasteiger partial charge in [0.15, 0.2) is 0 Å². The zero-order chi connectivity index (χ0) is 26.5. The molecular formula is C33H37N3O. The Kier molecular flexibility index (Phi) is 6.10. The summed E-state index contributed by atoms with van der Waals surface area (Å²) >= 11 is 0. The Hall–Kier alpha value is -3.66. The van der Waals surface area contributed by atoms with Crippen LogP contribution >= 0.6 is 0 Å². The molecule has 0 spiro atoms. The minimum absolute atomic E-state index is 0.0743. The number of carbonyl (C=O) groups is 1. The summed E-state index contributed by atoms with van der Waals surface area (Å²) in [6.07, 6.45) is 0.954. The number of nitrogens with zero attached hydrogens (tertiary/aromatic N) is 3. The van der Waals surface area contributed by atoms with Crippen LogP contribution in [-0.2, 0) is 7.05 Å². The summed E-state index contributed by atoms with van der Waals surface area (Å²) in [5.41, 5.74) is 3.77. The molecule has 0 N–H and O–H groups in total. The number of carbonyl (C=O) groups excluding carboxylic acids is 1. The molecule has 5 aromatic rings. The molecule has 1 amide bonds. The third kappa shape index (κ3) is 4.61. The van der Waals surface area contributed by atoms with Gasteiger partial charge in [0.05, 0.1) is 11.0 Å². The monoisotopic (exact) mass is 491 g/mol. The van der Waals surface area contributed by atoms with Crippen LogP contribution in [0.5, 0.6) is 0 Å². The van der Waals surface area contributed by atoms with Crippen LogP contribution in [0.2, 0.25) is 0 Å². The van der Waals surface area contributed by atoms with Gasteiger partial charge in [-0.3, -0.25) is 4.79 Å². The van der Waals surface area contributed by atoms with Gasteiger partial charge in [-0.25, -0.2) is 4.98 Å².